The van der Waals surface area contributed by atoms with Gasteiger partial charge in [-0.1, -0.05) is 19.9 Å². The SMILES string of the molecule is COC(=O)C(Nc1cc(C)ccc1N)C(C)C. The van der Waals surface area contributed by atoms with Crippen LogP contribution in [0.25, 0.3) is 0 Å². The Kier molecular flexibility index (Phi) is 4.37. The van der Waals surface area contributed by atoms with E-state index in [0.29, 0.717) is 5.69 Å². The van der Waals surface area contributed by atoms with E-state index in [1.165, 1.54) is 7.11 Å². The van der Waals surface area contributed by atoms with Gasteiger partial charge in [0.1, 0.15) is 6.04 Å². The van der Waals surface area contributed by atoms with Gasteiger partial charge in [0.2, 0.25) is 0 Å². The molecule has 0 bridgehead atoms. The van der Waals surface area contributed by atoms with Gasteiger partial charge in [-0.15, -0.1) is 0 Å². The van der Waals surface area contributed by atoms with E-state index in [4.69, 9.17) is 10.5 Å². The minimum absolute atomic E-state index is 0.127. The molecule has 1 aromatic carbocycles. The predicted molar refractivity (Wildman–Crippen MR) is 69.9 cm³/mol. The molecule has 0 saturated carbocycles. The highest BCUT2D eigenvalue weighted by molar-refractivity contribution is 5.81. The Hall–Kier alpha value is -1.71. The van der Waals surface area contributed by atoms with Gasteiger partial charge in [0.25, 0.3) is 0 Å². The van der Waals surface area contributed by atoms with Crippen molar-refractivity contribution in [1.29, 1.82) is 0 Å². The van der Waals surface area contributed by atoms with Gasteiger partial charge in [-0.2, -0.15) is 0 Å². The molecule has 0 fully saturated rings. The fourth-order valence-electron chi connectivity index (χ4n) is 1.59. The van der Waals surface area contributed by atoms with E-state index < -0.39 is 0 Å². The van der Waals surface area contributed by atoms with Crippen LogP contribution in [-0.2, 0) is 9.53 Å². The zero-order chi connectivity index (χ0) is 13.0. The van der Waals surface area contributed by atoms with Crippen LogP contribution in [0.4, 0.5) is 11.4 Å². The van der Waals surface area contributed by atoms with E-state index in [0.717, 1.165) is 11.3 Å². The van der Waals surface area contributed by atoms with Crippen molar-refractivity contribution in [3.05, 3.63) is 23.8 Å². The molecule has 0 heterocycles. The maximum absolute atomic E-state index is 11.6. The first-order valence-corrected chi connectivity index (χ1v) is 5.66. The highest BCUT2D eigenvalue weighted by atomic mass is 16.5. The van der Waals surface area contributed by atoms with Gasteiger partial charge in [-0.3, -0.25) is 0 Å². The first-order valence-electron chi connectivity index (χ1n) is 5.66. The van der Waals surface area contributed by atoms with Crippen molar-refractivity contribution in [1.82, 2.24) is 0 Å². The molecule has 0 aliphatic rings. The number of aryl methyl sites for hydroxylation is 1. The quantitative estimate of drug-likeness (QED) is 0.621. The molecule has 1 unspecified atom stereocenters. The van der Waals surface area contributed by atoms with Crippen LogP contribution in [0.5, 0.6) is 0 Å². The summed E-state index contributed by atoms with van der Waals surface area (Å²) in [4.78, 5) is 11.6. The van der Waals surface area contributed by atoms with Gasteiger partial charge in [0.05, 0.1) is 18.5 Å². The minimum Gasteiger partial charge on any atom is -0.467 e. The van der Waals surface area contributed by atoms with Crippen molar-refractivity contribution in [2.45, 2.75) is 26.8 Å². The zero-order valence-corrected chi connectivity index (χ0v) is 10.8. The van der Waals surface area contributed by atoms with Crippen LogP contribution in [-0.4, -0.2) is 19.1 Å². The van der Waals surface area contributed by atoms with Gasteiger partial charge < -0.3 is 15.8 Å². The third-order valence-electron chi connectivity index (χ3n) is 2.64. The van der Waals surface area contributed by atoms with Crippen LogP contribution in [0.15, 0.2) is 18.2 Å². The highest BCUT2D eigenvalue weighted by Crippen LogP contribution is 2.22. The molecule has 0 aromatic heterocycles. The molecular formula is C13H20N2O2. The number of ether oxygens (including phenoxy) is 1. The van der Waals surface area contributed by atoms with Crippen molar-refractivity contribution in [2.75, 3.05) is 18.2 Å². The Bertz CT molecular complexity index is 402. The Morgan fingerprint density at radius 3 is 2.59 bits per heavy atom. The lowest BCUT2D eigenvalue weighted by Crippen LogP contribution is -2.35. The van der Waals surface area contributed by atoms with Crippen LogP contribution in [0.1, 0.15) is 19.4 Å². The van der Waals surface area contributed by atoms with Crippen LogP contribution in [0, 0.1) is 12.8 Å². The molecule has 0 radical (unpaired) electrons. The third-order valence-corrected chi connectivity index (χ3v) is 2.64. The number of anilines is 2. The summed E-state index contributed by atoms with van der Waals surface area (Å²) in [6.07, 6.45) is 0. The average molecular weight is 236 g/mol. The van der Waals surface area contributed by atoms with Gasteiger partial charge in [0, 0.05) is 0 Å². The van der Waals surface area contributed by atoms with E-state index in [9.17, 15) is 4.79 Å². The summed E-state index contributed by atoms with van der Waals surface area (Å²) < 4.78 is 4.77. The predicted octanol–water partition coefficient (Wildman–Crippen LogP) is 2.19. The second kappa shape index (κ2) is 5.57. The molecule has 0 amide bonds. The molecule has 17 heavy (non-hydrogen) atoms. The van der Waals surface area contributed by atoms with Gasteiger partial charge in [-0.25, -0.2) is 4.79 Å². The standard InChI is InChI=1S/C13H20N2O2/c1-8(2)12(13(16)17-4)15-11-7-9(3)5-6-10(11)14/h5-8,12,15H,14H2,1-4H3. The van der Waals surface area contributed by atoms with Crippen molar-refractivity contribution in [3.8, 4) is 0 Å². The third kappa shape index (κ3) is 3.37. The number of methoxy groups -OCH3 is 1. The second-order valence-electron chi connectivity index (χ2n) is 4.48. The maximum Gasteiger partial charge on any atom is 0.328 e. The number of nitrogen functional groups attached to an aromatic ring is 1. The summed E-state index contributed by atoms with van der Waals surface area (Å²) in [6, 6.07) is 5.30. The van der Waals surface area contributed by atoms with Crippen LogP contribution < -0.4 is 11.1 Å². The Morgan fingerprint density at radius 1 is 1.41 bits per heavy atom. The minimum atomic E-state index is -0.385. The van der Waals surface area contributed by atoms with Crippen molar-refractivity contribution < 1.29 is 9.53 Å². The number of hydrogen-bond acceptors (Lipinski definition) is 4. The van der Waals surface area contributed by atoms with Gasteiger partial charge >= 0.3 is 5.97 Å². The Balaban J connectivity index is 2.93. The van der Waals surface area contributed by atoms with Crippen LogP contribution in [0.2, 0.25) is 0 Å². The van der Waals surface area contributed by atoms with Gasteiger partial charge in [-0.05, 0) is 30.5 Å². The number of carbonyl (C=O) groups excluding carboxylic acids is 1. The second-order valence-corrected chi connectivity index (χ2v) is 4.48. The molecule has 0 aliphatic carbocycles. The zero-order valence-electron chi connectivity index (χ0n) is 10.8. The maximum atomic E-state index is 11.6. The van der Waals surface area contributed by atoms with E-state index in [1.807, 2.05) is 39.0 Å². The lowest BCUT2D eigenvalue weighted by atomic mass is 10.0. The number of rotatable bonds is 4. The molecule has 1 atom stereocenters. The number of benzene rings is 1. The topological polar surface area (TPSA) is 64.3 Å². The molecule has 94 valence electrons. The van der Waals surface area contributed by atoms with Crippen molar-refractivity contribution >= 4 is 17.3 Å². The summed E-state index contributed by atoms with van der Waals surface area (Å²) >= 11 is 0. The summed E-state index contributed by atoms with van der Waals surface area (Å²) in [7, 11) is 1.39. The summed E-state index contributed by atoms with van der Waals surface area (Å²) in [5.74, 6) is -0.150. The van der Waals surface area contributed by atoms with E-state index in [1.54, 1.807) is 0 Å². The van der Waals surface area contributed by atoms with Crippen molar-refractivity contribution in [3.63, 3.8) is 0 Å². The largest absolute Gasteiger partial charge is 0.467 e. The lowest BCUT2D eigenvalue weighted by molar-refractivity contribution is -0.142. The molecule has 1 aromatic rings. The van der Waals surface area contributed by atoms with E-state index >= 15 is 0 Å². The van der Waals surface area contributed by atoms with E-state index in [2.05, 4.69) is 5.32 Å². The molecule has 4 nitrogen and oxygen atoms in total. The number of esters is 1. The smallest absolute Gasteiger partial charge is 0.328 e. The molecule has 4 heteroatoms. The molecule has 3 N–H and O–H groups in total. The molecule has 0 saturated heterocycles. The fraction of sp³-hybridized carbons (Fsp3) is 0.462. The fourth-order valence-corrected chi connectivity index (χ4v) is 1.59. The Labute approximate surface area is 102 Å². The normalized spacial score (nSPS) is 12.3. The number of nitrogens with two attached hydrogens (primary N) is 1. The van der Waals surface area contributed by atoms with Crippen molar-refractivity contribution in [2.24, 2.45) is 5.92 Å². The molecule has 1 rings (SSSR count). The average Bonchev–Trinajstić information content (AvgIpc) is 2.28. The summed E-state index contributed by atoms with van der Waals surface area (Å²) in [5.41, 5.74) is 8.36. The molecule has 0 spiro atoms. The first-order chi connectivity index (χ1) is 7.95. The highest BCUT2D eigenvalue weighted by Gasteiger charge is 2.23. The Morgan fingerprint density at radius 2 is 2.06 bits per heavy atom. The molecule has 0 aliphatic heterocycles. The number of nitrogens with one attached hydrogen (secondary N) is 1. The van der Waals surface area contributed by atoms with Crippen LogP contribution in [0.3, 0.4) is 0 Å². The lowest BCUT2D eigenvalue weighted by Gasteiger charge is -2.22. The van der Waals surface area contributed by atoms with Gasteiger partial charge in [0.15, 0.2) is 0 Å². The van der Waals surface area contributed by atoms with E-state index in [-0.39, 0.29) is 17.9 Å². The monoisotopic (exact) mass is 236 g/mol. The molecular weight excluding hydrogens is 216 g/mol. The summed E-state index contributed by atoms with van der Waals surface area (Å²) in [5, 5.41) is 3.14. The number of carbonyl (C=O) groups is 1. The van der Waals surface area contributed by atoms with Crippen LogP contribution >= 0.6 is 0 Å². The summed E-state index contributed by atoms with van der Waals surface area (Å²) in [6.45, 7) is 5.90. The first kappa shape index (κ1) is 13.4. The number of hydrogen-bond donors (Lipinski definition) is 2.